The Balaban J connectivity index is 1.73. The van der Waals surface area contributed by atoms with Crippen LogP contribution in [0.25, 0.3) is 0 Å². The van der Waals surface area contributed by atoms with Gasteiger partial charge in [0.05, 0.1) is 5.41 Å². The highest BCUT2D eigenvalue weighted by Gasteiger charge is 2.49. The van der Waals surface area contributed by atoms with E-state index in [1.807, 2.05) is 11.9 Å². The number of hydrogen-bond acceptors (Lipinski definition) is 4. The maximum atomic E-state index is 12.3. The fraction of sp³-hybridized carbons (Fsp3) is 0.933. The monoisotopic (exact) mass is 282 g/mol. The summed E-state index contributed by atoms with van der Waals surface area (Å²) in [4.78, 5) is 19.0. The van der Waals surface area contributed by atoms with Crippen molar-refractivity contribution in [2.45, 2.75) is 31.7 Å². The molecule has 0 aromatic carbocycles. The number of carbonyl (C=O) groups is 1. The molecular weight excluding hydrogens is 252 g/mol. The Morgan fingerprint density at radius 2 is 1.85 bits per heavy atom. The largest absolute Gasteiger partial charge is 0.344 e. The SMILES string of the molecule is CN1CCC(N(C)CCN(C)C(=O)C2(CN)CC2)CC1. The summed E-state index contributed by atoms with van der Waals surface area (Å²) in [6.07, 6.45) is 4.41. The second-order valence-corrected chi connectivity index (χ2v) is 6.73. The van der Waals surface area contributed by atoms with E-state index in [9.17, 15) is 4.79 Å². The highest BCUT2D eigenvalue weighted by molar-refractivity contribution is 5.85. The lowest BCUT2D eigenvalue weighted by Crippen LogP contribution is -2.46. The molecular formula is C15H30N4O. The smallest absolute Gasteiger partial charge is 0.229 e. The average molecular weight is 282 g/mol. The van der Waals surface area contributed by atoms with Gasteiger partial charge in [-0.2, -0.15) is 0 Å². The summed E-state index contributed by atoms with van der Waals surface area (Å²) in [6, 6.07) is 0.666. The number of rotatable bonds is 6. The highest BCUT2D eigenvalue weighted by atomic mass is 16.2. The number of amides is 1. The Bertz CT molecular complexity index is 335. The molecule has 116 valence electrons. The molecule has 2 N–H and O–H groups in total. The number of piperidine rings is 1. The third-order valence-corrected chi connectivity index (χ3v) is 5.14. The van der Waals surface area contributed by atoms with Crippen LogP contribution in [0.4, 0.5) is 0 Å². The molecule has 0 unspecified atom stereocenters. The molecule has 2 rings (SSSR count). The minimum Gasteiger partial charge on any atom is -0.344 e. The molecule has 0 atom stereocenters. The van der Waals surface area contributed by atoms with Gasteiger partial charge >= 0.3 is 0 Å². The van der Waals surface area contributed by atoms with Gasteiger partial charge < -0.3 is 20.4 Å². The first-order valence-corrected chi connectivity index (χ1v) is 7.83. The fourth-order valence-electron chi connectivity index (χ4n) is 3.09. The average Bonchev–Trinajstić information content (AvgIpc) is 3.25. The van der Waals surface area contributed by atoms with Crippen LogP contribution in [-0.2, 0) is 4.79 Å². The van der Waals surface area contributed by atoms with Crippen molar-refractivity contribution < 1.29 is 4.79 Å². The van der Waals surface area contributed by atoms with Gasteiger partial charge in [0, 0.05) is 32.7 Å². The van der Waals surface area contributed by atoms with Crippen LogP contribution in [-0.4, -0.2) is 80.5 Å². The van der Waals surface area contributed by atoms with Crippen molar-refractivity contribution >= 4 is 5.91 Å². The maximum absolute atomic E-state index is 12.3. The third-order valence-electron chi connectivity index (χ3n) is 5.14. The topological polar surface area (TPSA) is 52.8 Å². The Morgan fingerprint density at radius 1 is 1.25 bits per heavy atom. The standard InChI is InChI=1S/C15H30N4O/c1-17-8-4-13(5-9-17)18(2)10-11-19(3)14(20)15(12-16)6-7-15/h13H,4-12,16H2,1-3H3. The first-order chi connectivity index (χ1) is 9.48. The van der Waals surface area contributed by atoms with Gasteiger partial charge in [0.2, 0.25) is 5.91 Å². The fourth-order valence-corrected chi connectivity index (χ4v) is 3.09. The van der Waals surface area contributed by atoms with Gasteiger partial charge in [-0.15, -0.1) is 0 Å². The predicted molar refractivity (Wildman–Crippen MR) is 81.5 cm³/mol. The number of likely N-dealkylation sites (N-methyl/N-ethyl adjacent to an activating group) is 2. The first kappa shape index (κ1) is 15.7. The zero-order valence-electron chi connectivity index (χ0n) is 13.3. The third kappa shape index (κ3) is 3.51. The van der Waals surface area contributed by atoms with Gasteiger partial charge in [0.15, 0.2) is 0 Å². The second kappa shape index (κ2) is 6.41. The zero-order chi connectivity index (χ0) is 14.8. The minimum atomic E-state index is -0.207. The van der Waals surface area contributed by atoms with E-state index in [0.29, 0.717) is 12.6 Å². The van der Waals surface area contributed by atoms with Crippen molar-refractivity contribution in [2.24, 2.45) is 11.1 Å². The van der Waals surface area contributed by atoms with Gasteiger partial charge in [-0.3, -0.25) is 4.79 Å². The van der Waals surface area contributed by atoms with Crippen LogP contribution < -0.4 is 5.73 Å². The minimum absolute atomic E-state index is 0.207. The maximum Gasteiger partial charge on any atom is 0.229 e. The zero-order valence-corrected chi connectivity index (χ0v) is 13.3. The van der Waals surface area contributed by atoms with Crippen LogP contribution in [0.15, 0.2) is 0 Å². The van der Waals surface area contributed by atoms with Gasteiger partial charge in [-0.25, -0.2) is 0 Å². The van der Waals surface area contributed by atoms with Crippen LogP contribution in [0.3, 0.4) is 0 Å². The van der Waals surface area contributed by atoms with E-state index >= 15 is 0 Å². The molecule has 0 radical (unpaired) electrons. The van der Waals surface area contributed by atoms with E-state index < -0.39 is 0 Å². The van der Waals surface area contributed by atoms with Gasteiger partial charge in [0.1, 0.15) is 0 Å². The molecule has 0 spiro atoms. The lowest BCUT2D eigenvalue weighted by molar-refractivity contribution is -0.135. The highest BCUT2D eigenvalue weighted by Crippen LogP contribution is 2.45. The lowest BCUT2D eigenvalue weighted by Gasteiger charge is -2.36. The van der Waals surface area contributed by atoms with E-state index in [2.05, 4.69) is 23.9 Å². The molecule has 1 heterocycles. The first-order valence-electron chi connectivity index (χ1n) is 7.83. The Hall–Kier alpha value is -0.650. The quantitative estimate of drug-likeness (QED) is 0.757. The Kier molecular flexibility index (Phi) is 5.04. The van der Waals surface area contributed by atoms with Crippen molar-refractivity contribution in [3.05, 3.63) is 0 Å². The van der Waals surface area contributed by atoms with Crippen molar-refractivity contribution in [3.8, 4) is 0 Å². The Labute approximate surface area is 123 Å². The molecule has 20 heavy (non-hydrogen) atoms. The number of hydrogen-bond donors (Lipinski definition) is 1. The second-order valence-electron chi connectivity index (χ2n) is 6.73. The van der Waals surface area contributed by atoms with E-state index in [-0.39, 0.29) is 11.3 Å². The molecule has 2 aliphatic rings. The van der Waals surface area contributed by atoms with Crippen molar-refractivity contribution in [3.63, 3.8) is 0 Å². The van der Waals surface area contributed by atoms with E-state index in [0.717, 1.165) is 25.9 Å². The molecule has 1 aliphatic heterocycles. The summed E-state index contributed by atoms with van der Waals surface area (Å²) >= 11 is 0. The Morgan fingerprint density at radius 3 is 2.35 bits per heavy atom. The van der Waals surface area contributed by atoms with Crippen molar-refractivity contribution in [1.82, 2.24) is 14.7 Å². The number of likely N-dealkylation sites (tertiary alicyclic amines) is 1. The summed E-state index contributed by atoms with van der Waals surface area (Å²) < 4.78 is 0. The molecule has 0 bridgehead atoms. The lowest BCUT2D eigenvalue weighted by atomic mass is 10.0. The van der Waals surface area contributed by atoms with Crippen LogP contribution in [0.2, 0.25) is 0 Å². The molecule has 2 fully saturated rings. The summed E-state index contributed by atoms with van der Waals surface area (Å²) in [5, 5.41) is 0. The summed E-state index contributed by atoms with van der Waals surface area (Å²) in [5.41, 5.74) is 5.52. The van der Waals surface area contributed by atoms with Crippen LogP contribution in [0, 0.1) is 5.41 Å². The normalized spacial score (nSPS) is 23.1. The number of nitrogens with two attached hydrogens (primary N) is 1. The summed E-state index contributed by atoms with van der Waals surface area (Å²) in [6.45, 7) is 4.63. The summed E-state index contributed by atoms with van der Waals surface area (Å²) in [5.74, 6) is 0.247. The van der Waals surface area contributed by atoms with Crippen LogP contribution in [0.5, 0.6) is 0 Å². The van der Waals surface area contributed by atoms with Crippen LogP contribution in [0.1, 0.15) is 25.7 Å². The number of nitrogens with zero attached hydrogens (tertiary/aromatic N) is 3. The van der Waals surface area contributed by atoms with Gasteiger partial charge in [-0.1, -0.05) is 0 Å². The molecule has 1 amide bonds. The van der Waals surface area contributed by atoms with Gasteiger partial charge in [-0.05, 0) is 52.9 Å². The van der Waals surface area contributed by atoms with Crippen LogP contribution >= 0.6 is 0 Å². The van der Waals surface area contributed by atoms with Crippen molar-refractivity contribution in [1.29, 1.82) is 0 Å². The molecule has 5 nitrogen and oxygen atoms in total. The van der Waals surface area contributed by atoms with E-state index in [1.165, 1.54) is 25.9 Å². The van der Waals surface area contributed by atoms with Crippen molar-refractivity contribution in [2.75, 3.05) is 53.9 Å². The molecule has 1 saturated heterocycles. The van der Waals surface area contributed by atoms with E-state index in [1.54, 1.807) is 0 Å². The summed E-state index contributed by atoms with van der Waals surface area (Å²) in [7, 11) is 6.29. The molecule has 5 heteroatoms. The van der Waals surface area contributed by atoms with Gasteiger partial charge in [0.25, 0.3) is 0 Å². The molecule has 1 saturated carbocycles. The number of carbonyl (C=O) groups excluding carboxylic acids is 1. The van der Waals surface area contributed by atoms with E-state index in [4.69, 9.17) is 5.73 Å². The molecule has 0 aromatic rings. The molecule has 0 aromatic heterocycles. The molecule has 1 aliphatic carbocycles. The predicted octanol–water partition coefficient (Wildman–Crippen LogP) is 0.210.